The van der Waals surface area contributed by atoms with E-state index >= 15 is 0 Å². The van der Waals surface area contributed by atoms with E-state index < -0.39 is 0 Å². The SMILES string of the molecule is COCCCCC(=O)NC1CCN(CC2CC2)C1. The van der Waals surface area contributed by atoms with Crippen LogP contribution < -0.4 is 5.32 Å². The number of carbonyl (C=O) groups excluding carboxylic acids is 1. The van der Waals surface area contributed by atoms with Crippen molar-refractivity contribution in [2.75, 3.05) is 33.4 Å². The van der Waals surface area contributed by atoms with E-state index in [-0.39, 0.29) is 5.91 Å². The second-order valence-electron chi connectivity index (χ2n) is 5.71. The number of methoxy groups -OCH3 is 1. The maximum atomic E-state index is 11.7. The zero-order valence-electron chi connectivity index (χ0n) is 11.5. The fraction of sp³-hybridized carbons (Fsp3) is 0.929. The lowest BCUT2D eigenvalue weighted by atomic mass is 10.2. The molecule has 1 saturated carbocycles. The normalized spacial score (nSPS) is 24.4. The molecule has 2 fully saturated rings. The quantitative estimate of drug-likeness (QED) is 0.666. The van der Waals surface area contributed by atoms with Crippen LogP contribution in [0.25, 0.3) is 0 Å². The van der Waals surface area contributed by atoms with Gasteiger partial charge in [-0.2, -0.15) is 0 Å². The van der Waals surface area contributed by atoms with Crippen molar-refractivity contribution in [3.8, 4) is 0 Å². The number of likely N-dealkylation sites (tertiary alicyclic amines) is 1. The van der Waals surface area contributed by atoms with Crippen LogP contribution >= 0.6 is 0 Å². The molecule has 0 aromatic carbocycles. The molecular formula is C14H26N2O2. The lowest BCUT2D eigenvalue weighted by molar-refractivity contribution is -0.121. The van der Waals surface area contributed by atoms with Gasteiger partial charge in [-0.15, -0.1) is 0 Å². The molecule has 1 aliphatic heterocycles. The summed E-state index contributed by atoms with van der Waals surface area (Å²) < 4.78 is 4.98. The Bertz CT molecular complexity index is 267. The fourth-order valence-electron chi connectivity index (χ4n) is 2.61. The minimum Gasteiger partial charge on any atom is -0.385 e. The van der Waals surface area contributed by atoms with Crippen LogP contribution in [0, 0.1) is 5.92 Å². The standard InChI is InChI=1S/C14H26N2O2/c1-18-9-3-2-4-14(17)15-13-7-8-16(11-13)10-12-5-6-12/h12-13H,2-11H2,1H3,(H,15,17). The third kappa shape index (κ3) is 4.94. The summed E-state index contributed by atoms with van der Waals surface area (Å²) in [6.07, 6.45) is 6.49. The molecule has 2 aliphatic rings. The Hall–Kier alpha value is -0.610. The first-order valence-electron chi connectivity index (χ1n) is 7.28. The molecule has 4 heteroatoms. The van der Waals surface area contributed by atoms with E-state index in [2.05, 4.69) is 10.2 Å². The first-order chi connectivity index (χ1) is 8.78. The van der Waals surface area contributed by atoms with Crippen LogP contribution in [0.4, 0.5) is 0 Å². The van der Waals surface area contributed by atoms with Gasteiger partial charge in [0.2, 0.25) is 5.91 Å². The summed E-state index contributed by atoms with van der Waals surface area (Å²) >= 11 is 0. The summed E-state index contributed by atoms with van der Waals surface area (Å²) in [5, 5.41) is 3.16. The second-order valence-corrected chi connectivity index (χ2v) is 5.71. The molecule has 1 heterocycles. The predicted molar refractivity (Wildman–Crippen MR) is 71.4 cm³/mol. The van der Waals surface area contributed by atoms with Gasteiger partial charge in [-0.1, -0.05) is 0 Å². The van der Waals surface area contributed by atoms with Gasteiger partial charge in [-0.3, -0.25) is 4.79 Å². The molecule has 1 saturated heterocycles. The first-order valence-corrected chi connectivity index (χ1v) is 7.28. The van der Waals surface area contributed by atoms with E-state index in [1.165, 1.54) is 19.4 Å². The van der Waals surface area contributed by atoms with E-state index in [0.717, 1.165) is 44.9 Å². The monoisotopic (exact) mass is 254 g/mol. The Morgan fingerprint density at radius 2 is 2.17 bits per heavy atom. The topological polar surface area (TPSA) is 41.6 Å². The van der Waals surface area contributed by atoms with Gasteiger partial charge in [-0.25, -0.2) is 0 Å². The second kappa shape index (κ2) is 7.10. The van der Waals surface area contributed by atoms with Crippen molar-refractivity contribution in [1.29, 1.82) is 0 Å². The summed E-state index contributed by atoms with van der Waals surface area (Å²) in [6, 6.07) is 0.388. The Morgan fingerprint density at radius 3 is 2.89 bits per heavy atom. The number of hydrogen-bond donors (Lipinski definition) is 1. The third-order valence-electron chi connectivity index (χ3n) is 3.85. The molecule has 0 spiro atoms. The maximum absolute atomic E-state index is 11.7. The highest BCUT2D eigenvalue weighted by Gasteiger charge is 2.29. The minimum absolute atomic E-state index is 0.212. The number of nitrogens with one attached hydrogen (secondary N) is 1. The summed E-state index contributed by atoms with van der Waals surface area (Å²) in [5.41, 5.74) is 0. The van der Waals surface area contributed by atoms with Crippen molar-refractivity contribution in [3.05, 3.63) is 0 Å². The van der Waals surface area contributed by atoms with Crippen molar-refractivity contribution in [2.24, 2.45) is 5.92 Å². The summed E-state index contributed by atoms with van der Waals surface area (Å²) in [5.74, 6) is 1.16. The molecule has 1 atom stereocenters. The van der Waals surface area contributed by atoms with Gasteiger partial charge in [0, 0.05) is 45.8 Å². The summed E-state index contributed by atoms with van der Waals surface area (Å²) in [4.78, 5) is 14.2. The van der Waals surface area contributed by atoms with Crippen LogP contribution in [-0.2, 0) is 9.53 Å². The highest BCUT2D eigenvalue weighted by molar-refractivity contribution is 5.76. The van der Waals surface area contributed by atoms with Crippen LogP contribution in [0.2, 0.25) is 0 Å². The molecule has 1 unspecified atom stereocenters. The van der Waals surface area contributed by atoms with Gasteiger partial charge in [0.1, 0.15) is 0 Å². The molecule has 0 radical (unpaired) electrons. The molecule has 1 N–H and O–H groups in total. The van der Waals surface area contributed by atoms with Crippen molar-refractivity contribution in [3.63, 3.8) is 0 Å². The van der Waals surface area contributed by atoms with E-state index in [1.54, 1.807) is 7.11 Å². The molecule has 1 aliphatic carbocycles. The van der Waals surface area contributed by atoms with Gasteiger partial charge in [0.25, 0.3) is 0 Å². The Labute approximate surface area is 110 Å². The van der Waals surface area contributed by atoms with Crippen molar-refractivity contribution < 1.29 is 9.53 Å². The maximum Gasteiger partial charge on any atom is 0.220 e. The van der Waals surface area contributed by atoms with Crippen LogP contribution in [0.3, 0.4) is 0 Å². The molecule has 2 rings (SSSR count). The van der Waals surface area contributed by atoms with Crippen molar-refractivity contribution >= 4 is 5.91 Å². The number of carbonyl (C=O) groups is 1. The van der Waals surface area contributed by atoms with Crippen LogP contribution in [-0.4, -0.2) is 50.2 Å². The number of nitrogens with zero attached hydrogens (tertiary/aromatic N) is 1. The number of rotatable bonds is 8. The van der Waals surface area contributed by atoms with Gasteiger partial charge in [-0.05, 0) is 38.0 Å². The van der Waals surface area contributed by atoms with E-state index in [4.69, 9.17) is 4.74 Å². The van der Waals surface area contributed by atoms with Gasteiger partial charge >= 0.3 is 0 Å². The molecule has 104 valence electrons. The average molecular weight is 254 g/mol. The van der Waals surface area contributed by atoms with Gasteiger partial charge in [0.15, 0.2) is 0 Å². The summed E-state index contributed by atoms with van der Waals surface area (Å²) in [6.45, 7) is 4.22. The highest BCUT2D eigenvalue weighted by atomic mass is 16.5. The van der Waals surface area contributed by atoms with Crippen LogP contribution in [0.15, 0.2) is 0 Å². The van der Waals surface area contributed by atoms with E-state index in [1.807, 2.05) is 0 Å². The smallest absolute Gasteiger partial charge is 0.220 e. The zero-order valence-corrected chi connectivity index (χ0v) is 11.5. The van der Waals surface area contributed by atoms with Crippen LogP contribution in [0.5, 0.6) is 0 Å². The van der Waals surface area contributed by atoms with Gasteiger partial charge in [0.05, 0.1) is 0 Å². The third-order valence-corrected chi connectivity index (χ3v) is 3.85. The molecule has 1 amide bonds. The lowest BCUT2D eigenvalue weighted by Crippen LogP contribution is -2.37. The molecule has 18 heavy (non-hydrogen) atoms. The van der Waals surface area contributed by atoms with Gasteiger partial charge < -0.3 is 15.0 Å². The Kier molecular flexibility index (Phi) is 5.45. The average Bonchev–Trinajstić information content (AvgIpc) is 3.05. The van der Waals surface area contributed by atoms with Crippen LogP contribution in [0.1, 0.15) is 38.5 Å². The van der Waals surface area contributed by atoms with E-state index in [0.29, 0.717) is 12.5 Å². The predicted octanol–water partition coefficient (Wildman–Crippen LogP) is 1.40. The highest BCUT2D eigenvalue weighted by Crippen LogP contribution is 2.30. The molecule has 0 bridgehead atoms. The Balaban J connectivity index is 1.54. The van der Waals surface area contributed by atoms with Crippen molar-refractivity contribution in [2.45, 2.75) is 44.6 Å². The summed E-state index contributed by atoms with van der Waals surface area (Å²) in [7, 11) is 1.70. The largest absolute Gasteiger partial charge is 0.385 e. The molecule has 0 aromatic rings. The fourth-order valence-corrected chi connectivity index (χ4v) is 2.61. The number of ether oxygens (including phenoxy) is 1. The lowest BCUT2D eigenvalue weighted by Gasteiger charge is -2.16. The number of unbranched alkanes of at least 4 members (excludes halogenated alkanes) is 1. The molecule has 0 aromatic heterocycles. The van der Waals surface area contributed by atoms with Crippen molar-refractivity contribution in [1.82, 2.24) is 10.2 Å². The zero-order chi connectivity index (χ0) is 12.8. The molecular weight excluding hydrogens is 228 g/mol. The number of amides is 1. The molecule has 4 nitrogen and oxygen atoms in total. The number of hydrogen-bond acceptors (Lipinski definition) is 3. The minimum atomic E-state index is 0.212. The Morgan fingerprint density at radius 1 is 1.33 bits per heavy atom. The van der Waals surface area contributed by atoms with E-state index in [9.17, 15) is 4.79 Å². The first kappa shape index (κ1) is 13.8.